The van der Waals surface area contributed by atoms with Crippen molar-refractivity contribution in [2.24, 2.45) is 0 Å². The molecule has 0 spiro atoms. The van der Waals surface area contributed by atoms with Crippen LogP contribution < -0.4 is 0 Å². The van der Waals surface area contributed by atoms with Crippen molar-refractivity contribution in [3.8, 4) is 0 Å². The molecule has 2 aromatic heterocycles. The number of rotatable bonds is 1. The lowest BCUT2D eigenvalue weighted by molar-refractivity contribution is 0.0595. The predicted molar refractivity (Wildman–Crippen MR) is 48.0 cm³/mol. The Kier molecular flexibility index (Phi) is 2.05. The molecule has 2 aromatic rings. The average Bonchev–Trinajstić information content (AvgIpc) is 2.59. The minimum absolute atomic E-state index is 0.0239. The van der Waals surface area contributed by atoms with E-state index in [-0.39, 0.29) is 11.0 Å². The number of aromatic nitrogens is 4. The lowest BCUT2D eigenvalue weighted by atomic mass is 10.4. The van der Waals surface area contributed by atoms with E-state index in [1.165, 1.54) is 13.2 Å². The number of methoxy groups -OCH3 is 1. The number of hydrogen-bond acceptors (Lipinski definition) is 5. The lowest BCUT2D eigenvalue weighted by Gasteiger charge is -1.91. The number of hydrogen-bond donors (Lipinski definition) is 1. The summed E-state index contributed by atoms with van der Waals surface area (Å²) in [4.78, 5) is 17.7. The Morgan fingerprint density at radius 1 is 1.57 bits per heavy atom. The molecule has 0 aliphatic heterocycles. The highest BCUT2D eigenvalue weighted by Gasteiger charge is 2.11. The number of ether oxygens (including phenoxy) is 1. The molecular formula is C7H5ClN4O2. The molecule has 6 nitrogen and oxygen atoms in total. The molecule has 0 atom stereocenters. The summed E-state index contributed by atoms with van der Waals surface area (Å²) in [6.45, 7) is 0. The predicted octanol–water partition coefficient (Wildman–Crippen LogP) is 0.793. The van der Waals surface area contributed by atoms with Gasteiger partial charge in [0.2, 0.25) is 5.28 Å². The van der Waals surface area contributed by atoms with Crippen LogP contribution in [0.2, 0.25) is 5.28 Å². The number of nitrogens with one attached hydrogen (secondary N) is 1. The third kappa shape index (κ3) is 1.39. The summed E-state index contributed by atoms with van der Waals surface area (Å²) in [5.41, 5.74) is 1.15. The minimum Gasteiger partial charge on any atom is -0.464 e. The fourth-order valence-corrected chi connectivity index (χ4v) is 1.15. The monoisotopic (exact) mass is 212 g/mol. The molecule has 72 valence electrons. The second-order valence-corrected chi connectivity index (χ2v) is 2.83. The van der Waals surface area contributed by atoms with E-state index in [0.29, 0.717) is 11.2 Å². The van der Waals surface area contributed by atoms with E-state index in [4.69, 9.17) is 11.6 Å². The molecule has 0 saturated carbocycles. The number of esters is 1. The maximum absolute atomic E-state index is 11.1. The fraction of sp³-hybridized carbons (Fsp3) is 0.143. The van der Waals surface area contributed by atoms with E-state index in [2.05, 4.69) is 24.9 Å². The molecule has 0 bridgehead atoms. The molecule has 0 saturated heterocycles. The number of halogens is 1. The van der Waals surface area contributed by atoms with Crippen molar-refractivity contribution < 1.29 is 9.53 Å². The summed E-state index contributed by atoms with van der Waals surface area (Å²) in [5, 5.41) is 7.30. The van der Waals surface area contributed by atoms with E-state index in [1.54, 1.807) is 0 Å². The van der Waals surface area contributed by atoms with Crippen LogP contribution in [0.5, 0.6) is 0 Å². The summed E-state index contributed by atoms with van der Waals surface area (Å²) < 4.78 is 4.52. The van der Waals surface area contributed by atoms with Crippen LogP contribution in [0.3, 0.4) is 0 Å². The molecule has 0 aliphatic rings. The molecule has 2 rings (SSSR count). The largest absolute Gasteiger partial charge is 0.464 e. The van der Waals surface area contributed by atoms with Gasteiger partial charge in [-0.3, -0.25) is 0 Å². The highest BCUT2D eigenvalue weighted by atomic mass is 35.5. The van der Waals surface area contributed by atoms with Crippen molar-refractivity contribution in [3.05, 3.63) is 17.0 Å². The normalized spacial score (nSPS) is 10.4. The molecule has 7 heteroatoms. The van der Waals surface area contributed by atoms with Gasteiger partial charge in [-0.2, -0.15) is 4.98 Å². The SMILES string of the molecule is COC(=O)c1cc2nnc(Cl)nc2[nH]1. The zero-order chi connectivity index (χ0) is 10.1. The van der Waals surface area contributed by atoms with Gasteiger partial charge in [-0.15, -0.1) is 10.2 Å². The van der Waals surface area contributed by atoms with Crippen LogP contribution in [-0.2, 0) is 4.74 Å². The Labute approximate surface area is 83.3 Å². The lowest BCUT2D eigenvalue weighted by Crippen LogP contribution is -2.00. The molecule has 0 unspecified atom stereocenters. The number of fused-ring (bicyclic) bond motifs is 1. The Balaban J connectivity index is 2.56. The Morgan fingerprint density at radius 3 is 3.07 bits per heavy atom. The smallest absolute Gasteiger partial charge is 0.354 e. The van der Waals surface area contributed by atoms with E-state index in [1.807, 2.05) is 0 Å². The summed E-state index contributed by atoms with van der Waals surface area (Å²) in [5.74, 6) is -0.485. The van der Waals surface area contributed by atoms with E-state index < -0.39 is 5.97 Å². The third-order valence-electron chi connectivity index (χ3n) is 1.63. The third-order valence-corrected chi connectivity index (χ3v) is 1.79. The zero-order valence-corrected chi connectivity index (χ0v) is 7.87. The van der Waals surface area contributed by atoms with Gasteiger partial charge in [0, 0.05) is 6.07 Å². The second-order valence-electron chi connectivity index (χ2n) is 2.49. The summed E-state index contributed by atoms with van der Waals surface area (Å²) >= 11 is 5.52. The molecule has 0 aromatic carbocycles. The maximum Gasteiger partial charge on any atom is 0.354 e. The molecule has 2 heterocycles. The number of carbonyl (C=O) groups excluding carboxylic acids is 1. The van der Waals surface area contributed by atoms with Crippen LogP contribution in [0.1, 0.15) is 10.5 Å². The molecule has 0 fully saturated rings. The highest BCUT2D eigenvalue weighted by molar-refractivity contribution is 6.28. The first-order valence-corrected chi connectivity index (χ1v) is 4.06. The number of nitrogens with zero attached hydrogens (tertiary/aromatic N) is 3. The van der Waals surface area contributed by atoms with Crippen LogP contribution in [-0.4, -0.2) is 33.2 Å². The van der Waals surface area contributed by atoms with Crippen molar-refractivity contribution in [2.75, 3.05) is 7.11 Å². The van der Waals surface area contributed by atoms with E-state index in [9.17, 15) is 4.79 Å². The fourth-order valence-electron chi connectivity index (χ4n) is 1.02. The van der Waals surface area contributed by atoms with Gasteiger partial charge in [0.05, 0.1) is 7.11 Å². The summed E-state index contributed by atoms with van der Waals surface area (Å²) in [7, 11) is 1.29. The maximum atomic E-state index is 11.1. The van der Waals surface area contributed by atoms with Crippen molar-refractivity contribution in [3.63, 3.8) is 0 Å². The van der Waals surface area contributed by atoms with E-state index in [0.717, 1.165) is 0 Å². The van der Waals surface area contributed by atoms with Gasteiger partial charge in [-0.05, 0) is 11.6 Å². The van der Waals surface area contributed by atoms with E-state index >= 15 is 0 Å². The first-order valence-electron chi connectivity index (χ1n) is 3.68. The average molecular weight is 213 g/mol. The van der Waals surface area contributed by atoms with Crippen LogP contribution in [0.15, 0.2) is 6.07 Å². The van der Waals surface area contributed by atoms with Gasteiger partial charge in [0.1, 0.15) is 11.2 Å². The van der Waals surface area contributed by atoms with Gasteiger partial charge in [-0.1, -0.05) is 0 Å². The van der Waals surface area contributed by atoms with Gasteiger partial charge in [0.25, 0.3) is 0 Å². The van der Waals surface area contributed by atoms with Crippen LogP contribution in [0.4, 0.5) is 0 Å². The minimum atomic E-state index is -0.485. The molecule has 0 radical (unpaired) electrons. The number of aromatic amines is 1. The standard InChI is InChI=1S/C7H5ClN4O2/c1-14-6(13)4-2-3-5(9-4)10-7(8)12-11-3/h2H,1H3,(H,9,10,12). The summed E-state index contributed by atoms with van der Waals surface area (Å²) in [6.07, 6.45) is 0. The van der Waals surface area contributed by atoms with Crippen molar-refractivity contribution >= 4 is 28.7 Å². The first-order chi connectivity index (χ1) is 6.70. The Bertz CT molecular complexity index is 495. The number of H-pyrrole nitrogens is 1. The molecule has 0 aliphatic carbocycles. The van der Waals surface area contributed by atoms with Crippen molar-refractivity contribution in [1.29, 1.82) is 0 Å². The van der Waals surface area contributed by atoms with Crippen LogP contribution in [0, 0.1) is 0 Å². The topological polar surface area (TPSA) is 80.8 Å². The molecule has 14 heavy (non-hydrogen) atoms. The quantitative estimate of drug-likeness (QED) is 0.707. The Morgan fingerprint density at radius 2 is 2.36 bits per heavy atom. The van der Waals surface area contributed by atoms with Crippen molar-refractivity contribution in [1.82, 2.24) is 20.2 Å². The van der Waals surface area contributed by atoms with Crippen LogP contribution in [0.25, 0.3) is 11.2 Å². The van der Waals surface area contributed by atoms with Gasteiger partial charge >= 0.3 is 5.97 Å². The second kappa shape index (κ2) is 3.22. The van der Waals surface area contributed by atoms with Crippen LogP contribution >= 0.6 is 11.6 Å². The first kappa shape index (κ1) is 8.89. The molecule has 0 amide bonds. The summed E-state index contributed by atoms with van der Waals surface area (Å²) in [6, 6.07) is 1.50. The highest BCUT2D eigenvalue weighted by Crippen LogP contribution is 2.11. The van der Waals surface area contributed by atoms with Gasteiger partial charge < -0.3 is 9.72 Å². The van der Waals surface area contributed by atoms with Gasteiger partial charge in [0.15, 0.2) is 5.65 Å². The number of carbonyl (C=O) groups is 1. The molecule has 1 N–H and O–H groups in total. The van der Waals surface area contributed by atoms with Gasteiger partial charge in [-0.25, -0.2) is 4.79 Å². The molecular weight excluding hydrogens is 208 g/mol. The van der Waals surface area contributed by atoms with Crippen molar-refractivity contribution in [2.45, 2.75) is 0 Å². The Hall–Kier alpha value is -1.69. The zero-order valence-electron chi connectivity index (χ0n) is 7.11.